The molecular formula is C11H9NO3S2. The molecule has 0 radical (unpaired) electrons. The highest BCUT2D eigenvalue weighted by molar-refractivity contribution is 8.19. The monoisotopic (exact) mass is 267 g/mol. The minimum atomic E-state index is -0.205. The van der Waals surface area contributed by atoms with Gasteiger partial charge in [-0.3, -0.25) is 4.79 Å². The van der Waals surface area contributed by atoms with E-state index in [2.05, 4.69) is 5.32 Å². The van der Waals surface area contributed by atoms with Crippen LogP contribution in [0, 0.1) is 0 Å². The van der Waals surface area contributed by atoms with Crippen LogP contribution in [0.15, 0.2) is 23.1 Å². The van der Waals surface area contributed by atoms with Gasteiger partial charge in [-0.1, -0.05) is 24.4 Å². The third-order valence-electron chi connectivity index (χ3n) is 2.18. The first-order valence-corrected chi connectivity index (χ1v) is 5.95. The van der Waals surface area contributed by atoms with Crippen LogP contribution in [0.1, 0.15) is 5.56 Å². The van der Waals surface area contributed by atoms with Gasteiger partial charge in [0.15, 0.2) is 11.5 Å². The lowest BCUT2D eigenvalue weighted by Crippen LogP contribution is -2.15. The Morgan fingerprint density at radius 2 is 2.29 bits per heavy atom. The Bertz CT molecular complexity index is 525. The lowest BCUT2D eigenvalue weighted by atomic mass is 10.1. The zero-order chi connectivity index (χ0) is 12.4. The number of aromatic hydroxyl groups is 1. The first-order chi connectivity index (χ1) is 8.11. The second-order valence-corrected chi connectivity index (χ2v) is 4.67. The number of amides is 1. The topological polar surface area (TPSA) is 58.6 Å². The van der Waals surface area contributed by atoms with Gasteiger partial charge in [0.2, 0.25) is 0 Å². The SMILES string of the molecule is COc1cccc(C=C2SC(=O)NC2=S)c1O. The maximum Gasteiger partial charge on any atom is 0.289 e. The van der Waals surface area contributed by atoms with Gasteiger partial charge < -0.3 is 15.2 Å². The Balaban J connectivity index is 2.39. The van der Waals surface area contributed by atoms with Crippen LogP contribution in [0.5, 0.6) is 11.5 Å². The summed E-state index contributed by atoms with van der Waals surface area (Å²) < 4.78 is 5.00. The molecule has 2 rings (SSSR count). The Morgan fingerprint density at radius 3 is 2.88 bits per heavy atom. The average molecular weight is 267 g/mol. The molecule has 2 N–H and O–H groups in total. The van der Waals surface area contributed by atoms with Gasteiger partial charge in [-0.15, -0.1) is 0 Å². The van der Waals surface area contributed by atoms with Crippen LogP contribution in [0.3, 0.4) is 0 Å². The Labute approximate surface area is 108 Å². The molecule has 0 spiro atoms. The zero-order valence-corrected chi connectivity index (χ0v) is 10.5. The molecule has 6 heteroatoms. The van der Waals surface area contributed by atoms with Gasteiger partial charge in [-0.25, -0.2) is 0 Å². The number of benzene rings is 1. The molecule has 88 valence electrons. The number of phenols is 1. The number of rotatable bonds is 2. The van der Waals surface area contributed by atoms with Gasteiger partial charge in [-0.05, 0) is 23.9 Å². The Kier molecular flexibility index (Phi) is 3.35. The van der Waals surface area contributed by atoms with Crippen LogP contribution < -0.4 is 10.1 Å². The van der Waals surface area contributed by atoms with Crippen LogP contribution in [-0.2, 0) is 0 Å². The van der Waals surface area contributed by atoms with E-state index in [1.165, 1.54) is 7.11 Å². The van der Waals surface area contributed by atoms with Crippen molar-refractivity contribution in [2.45, 2.75) is 0 Å². The summed E-state index contributed by atoms with van der Waals surface area (Å²) in [5.41, 5.74) is 0.561. The van der Waals surface area contributed by atoms with Crippen molar-refractivity contribution in [3.8, 4) is 11.5 Å². The number of phenolic OH excluding ortho intramolecular Hbond substituents is 1. The van der Waals surface area contributed by atoms with Crippen molar-refractivity contribution < 1.29 is 14.6 Å². The summed E-state index contributed by atoms with van der Waals surface area (Å²) >= 11 is 6.00. The minimum absolute atomic E-state index is 0.0326. The molecular weight excluding hydrogens is 258 g/mol. The predicted molar refractivity (Wildman–Crippen MR) is 71.4 cm³/mol. The molecule has 4 nitrogen and oxygen atoms in total. The number of carbonyl (C=O) groups excluding carboxylic acids is 1. The molecule has 1 aliphatic rings. The predicted octanol–water partition coefficient (Wildman–Crippen LogP) is 2.53. The normalized spacial score (nSPS) is 17.4. The highest BCUT2D eigenvalue weighted by atomic mass is 32.2. The molecule has 1 aliphatic heterocycles. The van der Waals surface area contributed by atoms with Crippen molar-refractivity contribution in [2.24, 2.45) is 0 Å². The molecule has 1 saturated heterocycles. The fourth-order valence-corrected chi connectivity index (χ4v) is 2.41. The van der Waals surface area contributed by atoms with E-state index in [1.807, 2.05) is 0 Å². The van der Waals surface area contributed by atoms with Gasteiger partial charge in [0.1, 0.15) is 4.99 Å². The van der Waals surface area contributed by atoms with Crippen LogP contribution in [-0.4, -0.2) is 22.4 Å². The number of ether oxygens (including phenoxy) is 1. The number of thioether (sulfide) groups is 1. The number of carbonyl (C=O) groups is 1. The number of nitrogens with one attached hydrogen (secondary N) is 1. The number of hydrogen-bond donors (Lipinski definition) is 2. The largest absolute Gasteiger partial charge is 0.504 e. The third-order valence-corrected chi connectivity index (χ3v) is 3.46. The summed E-state index contributed by atoms with van der Waals surface area (Å²) in [6, 6.07) is 5.13. The summed E-state index contributed by atoms with van der Waals surface area (Å²) in [6.45, 7) is 0. The van der Waals surface area contributed by atoms with E-state index in [0.29, 0.717) is 21.2 Å². The van der Waals surface area contributed by atoms with Crippen molar-refractivity contribution in [3.05, 3.63) is 28.7 Å². The van der Waals surface area contributed by atoms with E-state index in [1.54, 1.807) is 24.3 Å². The maximum absolute atomic E-state index is 11.1. The number of hydrogen-bond acceptors (Lipinski definition) is 5. The van der Waals surface area contributed by atoms with Crippen LogP contribution in [0.25, 0.3) is 6.08 Å². The van der Waals surface area contributed by atoms with E-state index >= 15 is 0 Å². The van der Waals surface area contributed by atoms with Crippen molar-refractivity contribution >= 4 is 40.3 Å². The van der Waals surface area contributed by atoms with Crippen LogP contribution in [0.4, 0.5) is 4.79 Å². The van der Waals surface area contributed by atoms with Crippen molar-refractivity contribution in [1.82, 2.24) is 5.32 Å². The van der Waals surface area contributed by atoms with Crippen molar-refractivity contribution in [1.29, 1.82) is 0 Å². The molecule has 17 heavy (non-hydrogen) atoms. The molecule has 1 amide bonds. The van der Waals surface area contributed by atoms with Gasteiger partial charge in [0.25, 0.3) is 5.24 Å². The quantitative estimate of drug-likeness (QED) is 0.637. The fraction of sp³-hybridized carbons (Fsp3) is 0.0909. The van der Waals surface area contributed by atoms with E-state index in [4.69, 9.17) is 17.0 Å². The van der Waals surface area contributed by atoms with Gasteiger partial charge in [0.05, 0.1) is 12.0 Å². The van der Waals surface area contributed by atoms with Crippen LogP contribution >= 0.6 is 24.0 Å². The Morgan fingerprint density at radius 1 is 1.53 bits per heavy atom. The fourth-order valence-electron chi connectivity index (χ4n) is 1.38. The van der Waals surface area contributed by atoms with E-state index in [0.717, 1.165) is 11.8 Å². The molecule has 1 fully saturated rings. The molecule has 0 saturated carbocycles. The summed E-state index contributed by atoms with van der Waals surface area (Å²) in [4.78, 5) is 12.1. The van der Waals surface area contributed by atoms with Gasteiger partial charge in [-0.2, -0.15) is 0 Å². The molecule has 1 heterocycles. The third kappa shape index (κ3) is 2.42. The van der Waals surface area contributed by atoms with Crippen molar-refractivity contribution in [3.63, 3.8) is 0 Å². The number of para-hydroxylation sites is 1. The first kappa shape index (κ1) is 11.9. The molecule has 0 bridgehead atoms. The molecule has 0 unspecified atom stereocenters. The first-order valence-electron chi connectivity index (χ1n) is 4.72. The average Bonchev–Trinajstić information content (AvgIpc) is 2.60. The summed E-state index contributed by atoms with van der Waals surface area (Å²) in [7, 11) is 1.48. The highest BCUT2D eigenvalue weighted by Gasteiger charge is 2.22. The van der Waals surface area contributed by atoms with E-state index in [9.17, 15) is 9.90 Å². The Hall–Kier alpha value is -1.53. The lowest BCUT2D eigenvalue weighted by molar-refractivity contribution is 0.265. The smallest absolute Gasteiger partial charge is 0.289 e. The molecule has 0 aliphatic carbocycles. The number of thiocarbonyl (C=S) groups is 1. The van der Waals surface area contributed by atoms with E-state index < -0.39 is 0 Å². The second kappa shape index (κ2) is 4.77. The summed E-state index contributed by atoms with van der Waals surface area (Å²) in [5, 5.41) is 12.2. The molecule has 0 aromatic heterocycles. The van der Waals surface area contributed by atoms with E-state index in [-0.39, 0.29) is 11.0 Å². The maximum atomic E-state index is 11.1. The standard InChI is InChI=1S/C11H9NO3S2/c1-15-7-4-2-3-6(9(7)13)5-8-10(16)12-11(14)17-8/h2-5,13H,1H3,(H,12,14,16). The zero-order valence-electron chi connectivity index (χ0n) is 8.89. The van der Waals surface area contributed by atoms with Crippen LogP contribution in [0.2, 0.25) is 0 Å². The molecule has 1 aromatic rings. The minimum Gasteiger partial charge on any atom is -0.504 e. The van der Waals surface area contributed by atoms with Gasteiger partial charge >= 0.3 is 0 Å². The highest BCUT2D eigenvalue weighted by Crippen LogP contribution is 2.34. The number of methoxy groups -OCH3 is 1. The molecule has 0 atom stereocenters. The summed E-state index contributed by atoms with van der Waals surface area (Å²) in [5.74, 6) is 0.415. The molecule has 1 aromatic carbocycles. The van der Waals surface area contributed by atoms with Gasteiger partial charge in [0, 0.05) is 5.56 Å². The summed E-state index contributed by atoms with van der Waals surface area (Å²) in [6.07, 6.45) is 1.66. The lowest BCUT2D eigenvalue weighted by Gasteiger charge is -2.05. The second-order valence-electron chi connectivity index (χ2n) is 3.25. The van der Waals surface area contributed by atoms with Crippen molar-refractivity contribution in [2.75, 3.05) is 7.11 Å².